The molecule has 6 nitrogen and oxygen atoms in total. The SMILES string of the molecule is Cc1ccc(N)cc1-c1nnc(NS(C)(=O)=O)s1. The molecule has 0 atom stereocenters. The predicted octanol–water partition coefficient (Wildman–Crippen LogP) is 1.47. The number of aryl methyl sites for hydroxylation is 1. The third-order valence-corrected chi connectivity index (χ3v) is 3.76. The van der Waals surface area contributed by atoms with Crippen molar-refractivity contribution in [2.75, 3.05) is 16.7 Å². The molecule has 0 aliphatic rings. The highest BCUT2D eigenvalue weighted by Crippen LogP contribution is 2.30. The maximum absolute atomic E-state index is 11.1. The van der Waals surface area contributed by atoms with Crippen LogP contribution in [-0.2, 0) is 10.0 Å². The van der Waals surface area contributed by atoms with Gasteiger partial charge in [0.2, 0.25) is 15.2 Å². The summed E-state index contributed by atoms with van der Waals surface area (Å²) in [4.78, 5) is 0. The number of nitrogens with zero attached hydrogens (tertiary/aromatic N) is 2. The third-order valence-electron chi connectivity index (χ3n) is 2.19. The molecule has 0 fully saturated rings. The first-order valence-electron chi connectivity index (χ1n) is 5.03. The van der Waals surface area contributed by atoms with Crippen LogP contribution in [0.2, 0.25) is 0 Å². The Labute approximate surface area is 109 Å². The van der Waals surface area contributed by atoms with E-state index in [0.29, 0.717) is 10.7 Å². The van der Waals surface area contributed by atoms with E-state index in [1.54, 1.807) is 12.1 Å². The molecule has 2 aromatic rings. The van der Waals surface area contributed by atoms with Crippen molar-refractivity contribution in [2.45, 2.75) is 6.92 Å². The lowest BCUT2D eigenvalue weighted by atomic mass is 10.1. The van der Waals surface area contributed by atoms with Crippen LogP contribution < -0.4 is 10.5 Å². The normalized spacial score (nSPS) is 11.4. The van der Waals surface area contributed by atoms with E-state index in [1.807, 2.05) is 13.0 Å². The van der Waals surface area contributed by atoms with Crippen molar-refractivity contribution in [3.63, 3.8) is 0 Å². The standard InChI is InChI=1S/C10H12N4O2S2/c1-6-3-4-7(11)5-8(6)9-12-13-10(17-9)14-18(2,15)16/h3-5H,11H2,1-2H3,(H,13,14). The minimum Gasteiger partial charge on any atom is -0.399 e. The summed E-state index contributed by atoms with van der Waals surface area (Å²) in [6.07, 6.45) is 1.07. The van der Waals surface area contributed by atoms with Crippen LogP contribution in [0.25, 0.3) is 10.6 Å². The van der Waals surface area contributed by atoms with Crippen LogP contribution in [0, 0.1) is 6.92 Å². The van der Waals surface area contributed by atoms with Crippen LogP contribution in [0.5, 0.6) is 0 Å². The predicted molar refractivity (Wildman–Crippen MR) is 73.0 cm³/mol. The van der Waals surface area contributed by atoms with Gasteiger partial charge in [0.05, 0.1) is 6.26 Å². The van der Waals surface area contributed by atoms with Gasteiger partial charge in [0.25, 0.3) is 0 Å². The van der Waals surface area contributed by atoms with Gasteiger partial charge in [-0.3, -0.25) is 4.72 Å². The van der Waals surface area contributed by atoms with Crippen LogP contribution in [0.4, 0.5) is 10.8 Å². The number of aromatic nitrogens is 2. The number of nitrogen functional groups attached to an aromatic ring is 1. The second-order valence-corrected chi connectivity index (χ2v) is 6.59. The zero-order valence-electron chi connectivity index (χ0n) is 9.84. The van der Waals surface area contributed by atoms with E-state index in [2.05, 4.69) is 14.9 Å². The molecule has 2 rings (SSSR count). The van der Waals surface area contributed by atoms with Gasteiger partial charge in [0, 0.05) is 11.3 Å². The Morgan fingerprint density at radius 2 is 2.06 bits per heavy atom. The molecule has 0 spiro atoms. The molecular formula is C10H12N4O2S2. The van der Waals surface area contributed by atoms with Gasteiger partial charge in [-0.2, -0.15) is 0 Å². The summed E-state index contributed by atoms with van der Waals surface area (Å²) in [5.74, 6) is 0. The smallest absolute Gasteiger partial charge is 0.231 e. The molecule has 0 unspecified atom stereocenters. The summed E-state index contributed by atoms with van der Waals surface area (Å²) in [6.45, 7) is 1.93. The van der Waals surface area contributed by atoms with Gasteiger partial charge >= 0.3 is 0 Å². The van der Waals surface area contributed by atoms with E-state index in [1.165, 1.54) is 11.3 Å². The molecule has 0 aliphatic carbocycles. The Kier molecular flexibility index (Phi) is 3.22. The van der Waals surface area contributed by atoms with Crippen molar-refractivity contribution in [1.82, 2.24) is 10.2 Å². The lowest BCUT2D eigenvalue weighted by molar-refractivity contribution is 0.606. The molecular weight excluding hydrogens is 272 g/mol. The number of nitrogens with two attached hydrogens (primary N) is 1. The average Bonchev–Trinajstić information content (AvgIpc) is 2.67. The second kappa shape index (κ2) is 4.54. The first-order chi connectivity index (χ1) is 8.35. The summed E-state index contributed by atoms with van der Waals surface area (Å²) in [6, 6.07) is 5.48. The third kappa shape index (κ3) is 2.96. The van der Waals surface area contributed by atoms with Crippen molar-refractivity contribution < 1.29 is 8.42 Å². The highest BCUT2D eigenvalue weighted by molar-refractivity contribution is 7.92. The molecule has 1 heterocycles. The van der Waals surface area contributed by atoms with Crippen molar-refractivity contribution in [1.29, 1.82) is 0 Å². The number of sulfonamides is 1. The van der Waals surface area contributed by atoms with Gasteiger partial charge in [-0.1, -0.05) is 17.4 Å². The van der Waals surface area contributed by atoms with Crippen molar-refractivity contribution in [2.24, 2.45) is 0 Å². The minimum absolute atomic E-state index is 0.245. The van der Waals surface area contributed by atoms with E-state index < -0.39 is 10.0 Å². The summed E-state index contributed by atoms with van der Waals surface area (Å²) in [5, 5.41) is 8.62. The molecule has 18 heavy (non-hydrogen) atoms. The molecule has 8 heteroatoms. The topological polar surface area (TPSA) is 98.0 Å². The number of hydrogen-bond donors (Lipinski definition) is 2. The zero-order valence-corrected chi connectivity index (χ0v) is 11.5. The van der Waals surface area contributed by atoms with Crippen LogP contribution in [0.15, 0.2) is 18.2 Å². The monoisotopic (exact) mass is 284 g/mol. The summed E-state index contributed by atoms with van der Waals surface area (Å²) in [7, 11) is -3.33. The molecule has 3 N–H and O–H groups in total. The highest BCUT2D eigenvalue weighted by Gasteiger charge is 2.11. The Hall–Kier alpha value is -1.67. The molecule has 1 aromatic heterocycles. The molecule has 0 saturated carbocycles. The Bertz CT molecular complexity index is 679. The fourth-order valence-corrected chi connectivity index (χ4v) is 3.06. The lowest BCUT2D eigenvalue weighted by Crippen LogP contribution is -2.08. The van der Waals surface area contributed by atoms with E-state index in [4.69, 9.17) is 5.73 Å². The van der Waals surface area contributed by atoms with Gasteiger partial charge in [-0.05, 0) is 24.6 Å². The zero-order chi connectivity index (χ0) is 13.3. The Morgan fingerprint density at radius 3 is 2.72 bits per heavy atom. The highest BCUT2D eigenvalue weighted by atomic mass is 32.2. The number of rotatable bonds is 3. The largest absolute Gasteiger partial charge is 0.399 e. The summed E-state index contributed by atoms with van der Waals surface area (Å²) < 4.78 is 24.4. The summed E-state index contributed by atoms with van der Waals surface area (Å²) in [5.41, 5.74) is 8.21. The molecule has 0 radical (unpaired) electrons. The molecule has 0 aliphatic heterocycles. The van der Waals surface area contributed by atoms with E-state index in [0.717, 1.165) is 17.4 Å². The fourth-order valence-electron chi connectivity index (χ4n) is 1.40. The number of nitrogens with one attached hydrogen (secondary N) is 1. The molecule has 96 valence electrons. The van der Waals surface area contributed by atoms with Crippen molar-refractivity contribution >= 4 is 32.2 Å². The number of anilines is 2. The Morgan fingerprint density at radius 1 is 1.33 bits per heavy atom. The molecule has 0 amide bonds. The Balaban J connectivity index is 2.38. The van der Waals surface area contributed by atoms with Crippen LogP contribution in [0.1, 0.15) is 5.56 Å². The van der Waals surface area contributed by atoms with Gasteiger partial charge in [0.15, 0.2) is 0 Å². The number of benzene rings is 1. The maximum atomic E-state index is 11.1. The van der Waals surface area contributed by atoms with Crippen molar-refractivity contribution in [3.8, 4) is 10.6 Å². The van der Waals surface area contributed by atoms with Crippen LogP contribution in [-0.4, -0.2) is 24.9 Å². The summed E-state index contributed by atoms with van der Waals surface area (Å²) >= 11 is 1.17. The molecule has 1 aromatic carbocycles. The molecule has 0 saturated heterocycles. The first-order valence-corrected chi connectivity index (χ1v) is 7.74. The van der Waals surface area contributed by atoms with Crippen LogP contribution >= 0.6 is 11.3 Å². The van der Waals surface area contributed by atoms with Gasteiger partial charge in [0.1, 0.15) is 5.01 Å². The second-order valence-electron chi connectivity index (χ2n) is 3.86. The van der Waals surface area contributed by atoms with Gasteiger partial charge in [-0.15, -0.1) is 10.2 Å². The first kappa shape index (κ1) is 12.8. The fraction of sp³-hybridized carbons (Fsp3) is 0.200. The van der Waals surface area contributed by atoms with Crippen LogP contribution in [0.3, 0.4) is 0 Å². The van der Waals surface area contributed by atoms with E-state index in [9.17, 15) is 8.42 Å². The quantitative estimate of drug-likeness (QED) is 0.832. The van der Waals surface area contributed by atoms with E-state index in [-0.39, 0.29) is 5.13 Å². The maximum Gasteiger partial charge on any atom is 0.231 e. The van der Waals surface area contributed by atoms with Gasteiger partial charge in [-0.25, -0.2) is 8.42 Å². The molecule has 0 bridgehead atoms. The van der Waals surface area contributed by atoms with E-state index >= 15 is 0 Å². The lowest BCUT2D eigenvalue weighted by Gasteiger charge is -2.02. The van der Waals surface area contributed by atoms with Gasteiger partial charge < -0.3 is 5.73 Å². The van der Waals surface area contributed by atoms with Crippen molar-refractivity contribution in [3.05, 3.63) is 23.8 Å². The number of hydrogen-bond acceptors (Lipinski definition) is 6. The average molecular weight is 284 g/mol. The minimum atomic E-state index is -3.33.